The van der Waals surface area contributed by atoms with Crippen molar-refractivity contribution >= 4 is 11.8 Å². The Labute approximate surface area is 174 Å². The topological polar surface area (TPSA) is 90.2 Å². The van der Waals surface area contributed by atoms with Gasteiger partial charge in [-0.1, -0.05) is 42.5 Å². The number of rotatable bonds is 4. The quantitative estimate of drug-likeness (QED) is 0.612. The second-order valence-corrected chi connectivity index (χ2v) is 9.85. The maximum absolute atomic E-state index is 10.8. The van der Waals surface area contributed by atoms with Crippen LogP contribution in [0.5, 0.6) is 0 Å². The van der Waals surface area contributed by atoms with Gasteiger partial charge in [0, 0.05) is 5.56 Å². The van der Waals surface area contributed by atoms with Crippen molar-refractivity contribution in [2.24, 2.45) is 0 Å². The van der Waals surface area contributed by atoms with Crippen molar-refractivity contribution < 1.29 is 25.2 Å². The molecule has 1 spiro atoms. The minimum atomic E-state index is -1.38. The van der Waals surface area contributed by atoms with Crippen molar-refractivity contribution in [1.29, 1.82) is 0 Å². The molecule has 6 heteroatoms. The van der Waals surface area contributed by atoms with E-state index < -0.39 is 28.5 Å². The van der Waals surface area contributed by atoms with E-state index in [0.29, 0.717) is 6.61 Å². The Morgan fingerprint density at radius 1 is 0.966 bits per heavy atom. The van der Waals surface area contributed by atoms with Gasteiger partial charge in [0.15, 0.2) is 4.93 Å². The number of hydrogen-bond donors (Lipinski definition) is 4. The average molecular weight is 415 g/mol. The van der Waals surface area contributed by atoms with Gasteiger partial charge in [-0.3, -0.25) is 0 Å². The van der Waals surface area contributed by atoms with E-state index in [9.17, 15) is 20.4 Å². The second-order valence-electron chi connectivity index (χ2n) is 8.41. The summed E-state index contributed by atoms with van der Waals surface area (Å²) >= 11 is 1.20. The molecule has 4 N–H and O–H groups in total. The maximum Gasteiger partial charge on any atom is 0.168 e. The monoisotopic (exact) mass is 414 g/mol. The summed E-state index contributed by atoms with van der Waals surface area (Å²) in [6.07, 6.45) is -0.503. The lowest BCUT2D eigenvalue weighted by molar-refractivity contribution is -0.147. The van der Waals surface area contributed by atoms with Gasteiger partial charge < -0.3 is 25.2 Å². The molecule has 1 saturated heterocycles. The zero-order chi connectivity index (χ0) is 20.2. The molecular formula is C23H26O5S. The molecule has 5 atom stereocenters. The van der Waals surface area contributed by atoms with Gasteiger partial charge in [-0.2, -0.15) is 0 Å². The lowest BCUT2D eigenvalue weighted by Crippen LogP contribution is -2.58. The molecule has 2 heterocycles. The Morgan fingerprint density at radius 3 is 2.38 bits per heavy atom. The van der Waals surface area contributed by atoms with E-state index in [1.807, 2.05) is 12.1 Å². The zero-order valence-electron chi connectivity index (χ0n) is 16.1. The fourth-order valence-electron chi connectivity index (χ4n) is 4.49. The van der Waals surface area contributed by atoms with Crippen molar-refractivity contribution in [3.63, 3.8) is 0 Å². The molecule has 0 amide bonds. The number of aliphatic hydroxyl groups excluding tert-OH is 4. The van der Waals surface area contributed by atoms with Crippen LogP contribution in [0.15, 0.2) is 42.5 Å². The highest BCUT2D eigenvalue weighted by Crippen LogP contribution is 2.54. The number of ether oxygens (including phenoxy) is 1. The molecule has 0 aromatic heterocycles. The molecule has 154 valence electrons. The molecule has 5 rings (SSSR count). The van der Waals surface area contributed by atoms with Gasteiger partial charge in [-0.05, 0) is 47.4 Å². The summed E-state index contributed by atoms with van der Waals surface area (Å²) in [7, 11) is 0. The SMILES string of the molecule is OC[C@H]1S[C@]2(OCc3ccc(Cc4ccc(C5CC5)cc4)cc32)[C@H](O)[C@@H](O)[C@@H]1O. The molecule has 1 aliphatic carbocycles. The van der Waals surface area contributed by atoms with Gasteiger partial charge in [0.05, 0.1) is 24.6 Å². The third kappa shape index (κ3) is 3.32. The number of thioether (sulfide) groups is 1. The van der Waals surface area contributed by atoms with Crippen molar-refractivity contribution in [3.8, 4) is 0 Å². The molecule has 0 bridgehead atoms. The summed E-state index contributed by atoms with van der Waals surface area (Å²) in [4.78, 5) is -1.17. The van der Waals surface area contributed by atoms with Crippen LogP contribution in [0.4, 0.5) is 0 Å². The standard InChI is InChI=1S/C23H26O5S/c24-11-19-20(25)21(26)22(27)23(29-19)18-10-14(3-6-17(18)12-28-23)9-13-1-4-15(5-2-13)16-7-8-16/h1-6,10,16,19-22,24-27H,7-9,11-12H2/t19-,20-,21+,22-,23+/m1/s1. The van der Waals surface area contributed by atoms with Gasteiger partial charge in [0.2, 0.25) is 0 Å². The van der Waals surface area contributed by atoms with Gasteiger partial charge in [-0.25, -0.2) is 0 Å². The fraction of sp³-hybridized carbons (Fsp3) is 0.478. The Morgan fingerprint density at radius 2 is 1.69 bits per heavy atom. The summed E-state index contributed by atoms with van der Waals surface area (Å²) < 4.78 is 6.00. The Bertz CT molecular complexity index is 895. The highest BCUT2D eigenvalue weighted by Gasteiger charge is 2.57. The van der Waals surface area contributed by atoms with E-state index in [1.54, 1.807) is 0 Å². The lowest BCUT2D eigenvalue weighted by atomic mass is 9.91. The van der Waals surface area contributed by atoms with Crippen LogP contribution >= 0.6 is 11.8 Å². The van der Waals surface area contributed by atoms with E-state index in [1.165, 1.54) is 35.7 Å². The van der Waals surface area contributed by atoms with E-state index in [-0.39, 0.29) is 6.61 Å². The normalized spacial score (nSPS) is 33.8. The first kappa shape index (κ1) is 19.5. The summed E-state index contributed by atoms with van der Waals surface area (Å²) in [5, 5.41) is 40.3. The van der Waals surface area contributed by atoms with Crippen LogP contribution < -0.4 is 0 Å². The summed E-state index contributed by atoms with van der Waals surface area (Å²) in [5.41, 5.74) is 5.53. The van der Waals surface area contributed by atoms with Crippen LogP contribution in [-0.4, -0.2) is 50.6 Å². The molecule has 2 aromatic carbocycles. The van der Waals surface area contributed by atoms with E-state index in [2.05, 4.69) is 30.3 Å². The van der Waals surface area contributed by atoms with Crippen molar-refractivity contribution in [1.82, 2.24) is 0 Å². The molecule has 2 aliphatic heterocycles. The van der Waals surface area contributed by atoms with E-state index in [4.69, 9.17) is 4.74 Å². The molecule has 1 saturated carbocycles. The van der Waals surface area contributed by atoms with Gasteiger partial charge >= 0.3 is 0 Å². The fourth-order valence-corrected chi connectivity index (χ4v) is 6.04. The van der Waals surface area contributed by atoms with Gasteiger partial charge in [0.25, 0.3) is 0 Å². The highest BCUT2D eigenvalue weighted by molar-refractivity contribution is 8.00. The largest absolute Gasteiger partial charge is 0.395 e. The minimum absolute atomic E-state index is 0.302. The average Bonchev–Trinajstić information content (AvgIpc) is 3.53. The van der Waals surface area contributed by atoms with Crippen molar-refractivity contribution in [3.05, 3.63) is 70.3 Å². The molecule has 0 unspecified atom stereocenters. The predicted octanol–water partition coefficient (Wildman–Crippen LogP) is 2.03. The van der Waals surface area contributed by atoms with E-state index >= 15 is 0 Å². The third-order valence-corrected chi connectivity index (χ3v) is 8.04. The van der Waals surface area contributed by atoms with Gasteiger partial charge in [0.1, 0.15) is 12.2 Å². The number of aliphatic hydroxyl groups is 4. The van der Waals surface area contributed by atoms with Crippen LogP contribution in [0.25, 0.3) is 0 Å². The molecule has 3 aliphatic rings. The maximum atomic E-state index is 10.8. The third-order valence-electron chi connectivity index (χ3n) is 6.38. The van der Waals surface area contributed by atoms with Crippen LogP contribution in [0.2, 0.25) is 0 Å². The Hall–Kier alpha value is -1.41. The van der Waals surface area contributed by atoms with Crippen LogP contribution in [0.3, 0.4) is 0 Å². The molecule has 2 fully saturated rings. The second kappa shape index (κ2) is 7.38. The minimum Gasteiger partial charge on any atom is -0.395 e. The number of hydrogen-bond acceptors (Lipinski definition) is 6. The molecular weight excluding hydrogens is 388 g/mol. The first-order chi connectivity index (χ1) is 14.0. The van der Waals surface area contributed by atoms with Crippen molar-refractivity contribution in [2.45, 2.75) is 60.3 Å². The first-order valence-electron chi connectivity index (χ1n) is 10.2. The smallest absolute Gasteiger partial charge is 0.168 e. The molecule has 29 heavy (non-hydrogen) atoms. The molecule has 5 nitrogen and oxygen atoms in total. The summed E-state index contributed by atoms with van der Waals surface area (Å²) in [6.45, 7) is 0.0276. The predicted molar refractivity (Wildman–Crippen MR) is 111 cm³/mol. The van der Waals surface area contributed by atoms with Crippen LogP contribution in [-0.2, 0) is 22.7 Å². The Kier molecular flexibility index (Phi) is 4.97. The van der Waals surface area contributed by atoms with Crippen molar-refractivity contribution in [2.75, 3.05) is 6.61 Å². The van der Waals surface area contributed by atoms with Crippen LogP contribution in [0.1, 0.15) is 46.6 Å². The summed E-state index contributed by atoms with van der Waals surface area (Å²) in [5.74, 6) is 0.743. The number of benzene rings is 2. The first-order valence-corrected chi connectivity index (χ1v) is 11.1. The van der Waals surface area contributed by atoms with Crippen LogP contribution in [0, 0.1) is 0 Å². The van der Waals surface area contributed by atoms with E-state index in [0.717, 1.165) is 29.0 Å². The lowest BCUT2D eigenvalue weighted by Gasteiger charge is -2.45. The highest BCUT2D eigenvalue weighted by atomic mass is 32.2. The number of fused-ring (bicyclic) bond motifs is 2. The molecule has 2 aromatic rings. The zero-order valence-corrected chi connectivity index (χ0v) is 16.9. The summed E-state index contributed by atoms with van der Waals surface area (Å²) in [6, 6.07) is 14.9. The molecule has 0 radical (unpaired) electrons. The Balaban J connectivity index is 1.44. The van der Waals surface area contributed by atoms with Gasteiger partial charge in [-0.15, -0.1) is 11.8 Å².